The fraction of sp³-hybridized carbons (Fsp3) is 1.00. The molecule has 2 fully saturated rings. The lowest BCUT2D eigenvalue weighted by Crippen LogP contribution is -2.49. The number of hydrogen-bond acceptors (Lipinski definition) is 3. The van der Waals surface area contributed by atoms with Gasteiger partial charge in [0.15, 0.2) is 0 Å². The van der Waals surface area contributed by atoms with E-state index in [1.807, 2.05) is 0 Å². The van der Waals surface area contributed by atoms with Crippen LogP contribution in [0.25, 0.3) is 0 Å². The summed E-state index contributed by atoms with van der Waals surface area (Å²) in [5.41, 5.74) is 0. The number of nitrogens with zero attached hydrogens (tertiary/aromatic N) is 1. The number of likely N-dealkylation sites (N-methyl/N-ethyl adjacent to an activating group) is 1. The Morgan fingerprint density at radius 2 is 1.89 bits per heavy atom. The van der Waals surface area contributed by atoms with Crippen molar-refractivity contribution in [1.82, 2.24) is 10.2 Å². The summed E-state index contributed by atoms with van der Waals surface area (Å²) in [4.78, 5) is 2.49. The van der Waals surface area contributed by atoms with Gasteiger partial charge in [0.25, 0.3) is 0 Å². The van der Waals surface area contributed by atoms with Gasteiger partial charge in [-0.1, -0.05) is 20.8 Å². The van der Waals surface area contributed by atoms with Crippen LogP contribution >= 0.6 is 0 Å². The van der Waals surface area contributed by atoms with Crippen LogP contribution in [0.4, 0.5) is 0 Å². The second-order valence-corrected chi connectivity index (χ2v) is 6.41. The zero-order chi connectivity index (χ0) is 13.0. The smallest absolute Gasteiger partial charge is 0.0826 e. The molecule has 2 rings (SSSR count). The molecule has 18 heavy (non-hydrogen) atoms. The summed E-state index contributed by atoms with van der Waals surface area (Å²) < 4.78 is 5.85. The van der Waals surface area contributed by atoms with Crippen LogP contribution in [-0.2, 0) is 4.74 Å². The molecule has 1 aliphatic carbocycles. The number of rotatable bonds is 4. The predicted octanol–water partition coefficient (Wildman–Crippen LogP) is 2.12. The topological polar surface area (TPSA) is 24.5 Å². The standard InChI is InChI=1S/C15H30N2O/c1-4-17-5-6-18-15(11-17)10-16-14-8-12(2)7-13(3)9-14/h12-16H,4-11H2,1-3H3. The van der Waals surface area contributed by atoms with Gasteiger partial charge in [0.1, 0.15) is 0 Å². The largest absolute Gasteiger partial charge is 0.374 e. The third-order valence-corrected chi connectivity index (χ3v) is 4.48. The molecule has 0 bridgehead atoms. The van der Waals surface area contributed by atoms with Gasteiger partial charge >= 0.3 is 0 Å². The van der Waals surface area contributed by atoms with E-state index in [4.69, 9.17) is 4.74 Å². The molecular weight excluding hydrogens is 224 g/mol. The fourth-order valence-electron chi connectivity index (χ4n) is 3.60. The molecule has 0 radical (unpaired) electrons. The van der Waals surface area contributed by atoms with Gasteiger partial charge in [0.05, 0.1) is 12.7 Å². The second-order valence-electron chi connectivity index (χ2n) is 6.41. The van der Waals surface area contributed by atoms with E-state index in [-0.39, 0.29) is 0 Å². The second kappa shape index (κ2) is 6.88. The lowest BCUT2D eigenvalue weighted by molar-refractivity contribution is -0.0273. The highest BCUT2D eigenvalue weighted by Crippen LogP contribution is 2.28. The Kier molecular flexibility index (Phi) is 5.46. The molecule has 0 aromatic carbocycles. The molecule has 1 saturated heterocycles. The first-order valence-electron chi connectivity index (χ1n) is 7.74. The van der Waals surface area contributed by atoms with Crippen molar-refractivity contribution in [2.75, 3.05) is 32.8 Å². The van der Waals surface area contributed by atoms with E-state index in [2.05, 4.69) is 31.0 Å². The highest BCUT2D eigenvalue weighted by atomic mass is 16.5. The maximum atomic E-state index is 5.85. The molecule has 0 amide bonds. The Hall–Kier alpha value is -0.120. The molecule has 0 aromatic heterocycles. The molecule has 1 heterocycles. The summed E-state index contributed by atoms with van der Waals surface area (Å²) in [5.74, 6) is 1.76. The molecular formula is C15H30N2O. The zero-order valence-corrected chi connectivity index (χ0v) is 12.3. The molecule has 1 N–H and O–H groups in total. The van der Waals surface area contributed by atoms with Crippen LogP contribution in [0.3, 0.4) is 0 Å². The Morgan fingerprint density at radius 1 is 1.17 bits per heavy atom. The molecule has 0 aromatic rings. The van der Waals surface area contributed by atoms with Crippen LogP contribution in [0, 0.1) is 11.8 Å². The van der Waals surface area contributed by atoms with E-state index in [1.54, 1.807) is 0 Å². The number of hydrogen-bond donors (Lipinski definition) is 1. The fourth-order valence-corrected chi connectivity index (χ4v) is 3.60. The van der Waals surface area contributed by atoms with Crippen LogP contribution in [-0.4, -0.2) is 49.8 Å². The third-order valence-electron chi connectivity index (χ3n) is 4.48. The lowest BCUT2D eigenvalue weighted by Gasteiger charge is -2.36. The van der Waals surface area contributed by atoms with E-state index < -0.39 is 0 Å². The maximum Gasteiger partial charge on any atom is 0.0826 e. The van der Waals surface area contributed by atoms with E-state index in [0.717, 1.165) is 44.6 Å². The van der Waals surface area contributed by atoms with Crippen molar-refractivity contribution in [2.24, 2.45) is 11.8 Å². The summed E-state index contributed by atoms with van der Waals surface area (Å²) in [6.45, 7) is 12.3. The maximum absolute atomic E-state index is 5.85. The van der Waals surface area contributed by atoms with Gasteiger partial charge in [-0.05, 0) is 37.6 Å². The molecule has 1 aliphatic heterocycles. The highest BCUT2D eigenvalue weighted by Gasteiger charge is 2.25. The van der Waals surface area contributed by atoms with Crippen molar-refractivity contribution >= 4 is 0 Å². The summed E-state index contributed by atoms with van der Waals surface area (Å²) in [6.07, 6.45) is 4.48. The number of nitrogens with one attached hydrogen (secondary N) is 1. The molecule has 3 nitrogen and oxygen atoms in total. The van der Waals surface area contributed by atoms with Crippen LogP contribution in [0.5, 0.6) is 0 Å². The van der Waals surface area contributed by atoms with Crippen molar-refractivity contribution in [2.45, 2.75) is 52.2 Å². The average molecular weight is 254 g/mol. The van der Waals surface area contributed by atoms with E-state index in [1.165, 1.54) is 19.3 Å². The van der Waals surface area contributed by atoms with E-state index in [0.29, 0.717) is 12.1 Å². The van der Waals surface area contributed by atoms with Gasteiger partial charge in [-0.3, -0.25) is 4.90 Å². The monoisotopic (exact) mass is 254 g/mol. The zero-order valence-electron chi connectivity index (χ0n) is 12.3. The quantitative estimate of drug-likeness (QED) is 0.832. The number of morpholine rings is 1. The van der Waals surface area contributed by atoms with Crippen molar-refractivity contribution in [3.05, 3.63) is 0 Å². The molecule has 1 saturated carbocycles. The first-order valence-corrected chi connectivity index (χ1v) is 7.74. The molecule has 106 valence electrons. The minimum atomic E-state index is 0.395. The Morgan fingerprint density at radius 3 is 2.56 bits per heavy atom. The minimum Gasteiger partial charge on any atom is -0.374 e. The molecule has 3 heteroatoms. The lowest BCUT2D eigenvalue weighted by atomic mass is 9.80. The SMILES string of the molecule is CCN1CCOC(CNC2CC(C)CC(C)C2)C1. The van der Waals surface area contributed by atoms with Gasteiger partial charge in [0.2, 0.25) is 0 Å². The van der Waals surface area contributed by atoms with Gasteiger partial charge in [-0.25, -0.2) is 0 Å². The molecule has 3 atom stereocenters. The van der Waals surface area contributed by atoms with Crippen LogP contribution < -0.4 is 5.32 Å². The summed E-state index contributed by atoms with van der Waals surface area (Å²) in [7, 11) is 0. The van der Waals surface area contributed by atoms with Gasteiger partial charge < -0.3 is 10.1 Å². The van der Waals surface area contributed by atoms with Crippen LogP contribution in [0.15, 0.2) is 0 Å². The molecule has 0 spiro atoms. The average Bonchev–Trinajstić information content (AvgIpc) is 2.35. The minimum absolute atomic E-state index is 0.395. The molecule has 2 aliphatic rings. The van der Waals surface area contributed by atoms with Crippen molar-refractivity contribution < 1.29 is 4.74 Å². The first kappa shape index (κ1) is 14.3. The predicted molar refractivity (Wildman–Crippen MR) is 75.8 cm³/mol. The third kappa shape index (κ3) is 4.22. The Balaban J connectivity index is 1.70. The van der Waals surface area contributed by atoms with Crippen molar-refractivity contribution in [1.29, 1.82) is 0 Å². The van der Waals surface area contributed by atoms with Gasteiger partial charge in [-0.15, -0.1) is 0 Å². The first-order chi connectivity index (χ1) is 8.67. The Labute approximate surface area is 112 Å². The summed E-state index contributed by atoms with van der Waals surface area (Å²) in [5, 5.41) is 3.75. The van der Waals surface area contributed by atoms with Crippen LogP contribution in [0.2, 0.25) is 0 Å². The van der Waals surface area contributed by atoms with Gasteiger partial charge in [0, 0.05) is 25.7 Å². The summed E-state index contributed by atoms with van der Waals surface area (Å²) in [6, 6.07) is 0.712. The van der Waals surface area contributed by atoms with E-state index >= 15 is 0 Å². The highest BCUT2D eigenvalue weighted by molar-refractivity contribution is 4.82. The van der Waals surface area contributed by atoms with Crippen LogP contribution in [0.1, 0.15) is 40.0 Å². The Bertz CT molecular complexity index is 237. The molecule has 3 unspecified atom stereocenters. The van der Waals surface area contributed by atoms with Crippen molar-refractivity contribution in [3.63, 3.8) is 0 Å². The summed E-state index contributed by atoms with van der Waals surface area (Å²) >= 11 is 0. The van der Waals surface area contributed by atoms with E-state index in [9.17, 15) is 0 Å². The van der Waals surface area contributed by atoms with Crippen molar-refractivity contribution in [3.8, 4) is 0 Å². The number of ether oxygens (including phenoxy) is 1. The normalized spacial score (nSPS) is 38.8. The van der Waals surface area contributed by atoms with Gasteiger partial charge in [-0.2, -0.15) is 0 Å².